The van der Waals surface area contributed by atoms with Crippen molar-refractivity contribution in [3.63, 3.8) is 0 Å². The Hall–Kier alpha value is -1.38. The molecule has 0 aromatic heterocycles. The SMILES string of the molecule is CCCCCCCCCCC[C@@H](N=O)c1cc(C)ccc1O. The summed E-state index contributed by atoms with van der Waals surface area (Å²) in [5.74, 6) is 0.186. The summed E-state index contributed by atoms with van der Waals surface area (Å²) in [6.45, 7) is 4.20. The van der Waals surface area contributed by atoms with Crippen LogP contribution in [0.2, 0.25) is 0 Å². The highest BCUT2D eigenvalue weighted by molar-refractivity contribution is 5.38. The van der Waals surface area contributed by atoms with Gasteiger partial charge in [-0.15, -0.1) is 0 Å². The van der Waals surface area contributed by atoms with E-state index in [-0.39, 0.29) is 5.75 Å². The number of phenolic OH excluding ortho intramolecular Hbond substituents is 1. The predicted molar refractivity (Wildman–Crippen MR) is 93.2 cm³/mol. The van der Waals surface area contributed by atoms with Gasteiger partial charge in [0.05, 0.1) is 0 Å². The summed E-state index contributed by atoms with van der Waals surface area (Å²) in [7, 11) is 0. The van der Waals surface area contributed by atoms with Crippen LogP contribution in [0.3, 0.4) is 0 Å². The summed E-state index contributed by atoms with van der Waals surface area (Å²) in [6.07, 6.45) is 12.1. The van der Waals surface area contributed by atoms with E-state index in [1.165, 1.54) is 44.9 Å². The van der Waals surface area contributed by atoms with Gasteiger partial charge in [-0.2, -0.15) is 4.91 Å². The highest BCUT2D eigenvalue weighted by Gasteiger charge is 2.15. The maximum absolute atomic E-state index is 11.1. The summed E-state index contributed by atoms with van der Waals surface area (Å²) in [6, 6.07) is 4.96. The van der Waals surface area contributed by atoms with Gasteiger partial charge in [0, 0.05) is 5.56 Å². The number of phenols is 1. The lowest BCUT2D eigenvalue weighted by Gasteiger charge is -2.12. The van der Waals surface area contributed by atoms with E-state index in [9.17, 15) is 10.0 Å². The Labute approximate surface area is 135 Å². The van der Waals surface area contributed by atoms with Gasteiger partial charge >= 0.3 is 0 Å². The maximum Gasteiger partial charge on any atom is 0.121 e. The Morgan fingerprint density at radius 2 is 1.59 bits per heavy atom. The molecule has 0 aliphatic heterocycles. The zero-order chi connectivity index (χ0) is 16.2. The first-order valence-electron chi connectivity index (χ1n) is 8.81. The molecule has 1 rings (SSSR count). The fourth-order valence-electron chi connectivity index (χ4n) is 2.85. The molecular formula is C19H31NO2. The van der Waals surface area contributed by atoms with Gasteiger partial charge in [-0.3, -0.25) is 0 Å². The van der Waals surface area contributed by atoms with Crippen LogP contribution < -0.4 is 0 Å². The van der Waals surface area contributed by atoms with Crippen molar-refractivity contribution in [2.45, 2.75) is 84.1 Å². The molecule has 3 heteroatoms. The van der Waals surface area contributed by atoms with Crippen molar-refractivity contribution in [2.24, 2.45) is 5.18 Å². The van der Waals surface area contributed by atoms with Gasteiger partial charge in [-0.1, -0.05) is 87.6 Å². The average molecular weight is 305 g/mol. The Balaban J connectivity index is 2.22. The predicted octanol–water partition coefficient (Wildman–Crippen LogP) is 6.43. The number of unbranched alkanes of at least 4 members (excludes halogenated alkanes) is 8. The first kappa shape index (κ1) is 18.7. The molecule has 0 aliphatic rings. The van der Waals surface area contributed by atoms with Crippen LogP contribution in [0.25, 0.3) is 0 Å². The van der Waals surface area contributed by atoms with Crippen LogP contribution in [0.5, 0.6) is 5.75 Å². The van der Waals surface area contributed by atoms with Crippen LogP contribution in [-0.4, -0.2) is 5.11 Å². The Kier molecular flexibility index (Phi) is 9.52. The Morgan fingerprint density at radius 3 is 2.18 bits per heavy atom. The van der Waals surface area contributed by atoms with Gasteiger partial charge < -0.3 is 5.11 Å². The highest BCUT2D eigenvalue weighted by atomic mass is 16.3. The molecule has 0 unspecified atom stereocenters. The van der Waals surface area contributed by atoms with E-state index < -0.39 is 6.04 Å². The Morgan fingerprint density at radius 1 is 1.00 bits per heavy atom. The van der Waals surface area contributed by atoms with Gasteiger partial charge in [0.15, 0.2) is 0 Å². The molecule has 1 aromatic carbocycles. The lowest BCUT2D eigenvalue weighted by atomic mass is 9.98. The molecule has 0 heterocycles. The molecular weight excluding hydrogens is 274 g/mol. The van der Waals surface area contributed by atoms with Crippen LogP contribution >= 0.6 is 0 Å². The molecule has 1 aromatic rings. The fraction of sp³-hybridized carbons (Fsp3) is 0.684. The molecule has 3 nitrogen and oxygen atoms in total. The summed E-state index contributed by atoms with van der Waals surface area (Å²) in [5, 5.41) is 13.1. The van der Waals surface area contributed by atoms with Crippen molar-refractivity contribution in [1.82, 2.24) is 0 Å². The lowest BCUT2D eigenvalue weighted by molar-refractivity contribution is 0.454. The van der Waals surface area contributed by atoms with Crippen molar-refractivity contribution >= 4 is 0 Å². The molecule has 22 heavy (non-hydrogen) atoms. The molecule has 0 amide bonds. The van der Waals surface area contributed by atoms with E-state index in [2.05, 4.69) is 12.1 Å². The molecule has 124 valence electrons. The van der Waals surface area contributed by atoms with Gasteiger partial charge in [0.2, 0.25) is 0 Å². The first-order valence-corrected chi connectivity index (χ1v) is 8.81. The largest absolute Gasteiger partial charge is 0.508 e. The number of rotatable bonds is 12. The number of nitroso groups, excluding NO2 is 1. The molecule has 0 fully saturated rings. The third-order valence-electron chi connectivity index (χ3n) is 4.25. The van der Waals surface area contributed by atoms with Crippen molar-refractivity contribution in [2.75, 3.05) is 0 Å². The molecule has 0 saturated heterocycles. The van der Waals surface area contributed by atoms with E-state index in [0.29, 0.717) is 5.56 Å². The van der Waals surface area contributed by atoms with Gasteiger partial charge in [0.1, 0.15) is 11.8 Å². The number of benzene rings is 1. The van der Waals surface area contributed by atoms with Crippen molar-refractivity contribution in [3.05, 3.63) is 34.2 Å². The second-order valence-corrected chi connectivity index (χ2v) is 6.30. The summed E-state index contributed by atoms with van der Waals surface area (Å²) in [4.78, 5) is 11.1. The number of nitrogens with zero attached hydrogens (tertiary/aromatic N) is 1. The minimum Gasteiger partial charge on any atom is -0.508 e. The molecule has 0 aliphatic carbocycles. The van der Waals surface area contributed by atoms with E-state index >= 15 is 0 Å². The fourth-order valence-corrected chi connectivity index (χ4v) is 2.85. The maximum atomic E-state index is 11.1. The molecule has 1 N–H and O–H groups in total. The molecule has 0 bridgehead atoms. The summed E-state index contributed by atoms with van der Waals surface area (Å²) < 4.78 is 0. The second-order valence-electron chi connectivity index (χ2n) is 6.30. The van der Waals surface area contributed by atoms with Crippen LogP contribution in [0.4, 0.5) is 0 Å². The number of aromatic hydroxyl groups is 1. The zero-order valence-electron chi connectivity index (χ0n) is 14.2. The molecule has 0 spiro atoms. The highest BCUT2D eigenvalue weighted by Crippen LogP contribution is 2.31. The van der Waals surface area contributed by atoms with Crippen LogP contribution in [-0.2, 0) is 0 Å². The monoisotopic (exact) mass is 305 g/mol. The van der Waals surface area contributed by atoms with Crippen LogP contribution in [0, 0.1) is 11.8 Å². The lowest BCUT2D eigenvalue weighted by Crippen LogP contribution is -1.96. The molecule has 0 saturated carbocycles. The minimum atomic E-state index is -0.413. The third kappa shape index (κ3) is 7.06. The third-order valence-corrected chi connectivity index (χ3v) is 4.25. The number of aryl methyl sites for hydroxylation is 1. The topological polar surface area (TPSA) is 49.7 Å². The van der Waals surface area contributed by atoms with Crippen LogP contribution in [0.1, 0.15) is 88.3 Å². The summed E-state index contributed by atoms with van der Waals surface area (Å²) >= 11 is 0. The number of hydrogen-bond acceptors (Lipinski definition) is 3. The van der Waals surface area contributed by atoms with Crippen molar-refractivity contribution in [3.8, 4) is 5.75 Å². The smallest absolute Gasteiger partial charge is 0.121 e. The second kappa shape index (κ2) is 11.2. The minimum absolute atomic E-state index is 0.186. The quantitative estimate of drug-likeness (QED) is 0.357. The van der Waals surface area contributed by atoms with Crippen molar-refractivity contribution in [1.29, 1.82) is 0 Å². The van der Waals surface area contributed by atoms with E-state index in [0.717, 1.165) is 24.8 Å². The average Bonchev–Trinajstić information content (AvgIpc) is 2.52. The Bertz CT molecular complexity index is 431. The number of hydrogen-bond donors (Lipinski definition) is 1. The normalized spacial score (nSPS) is 12.3. The van der Waals surface area contributed by atoms with E-state index in [1.807, 2.05) is 19.1 Å². The molecule has 0 radical (unpaired) electrons. The zero-order valence-corrected chi connectivity index (χ0v) is 14.2. The van der Waals surface area contributed by atoms with Crippen molar-refractivity contribution < 1.29 is 5.11 Å². The van der Waals surface area contributed by atoms with E-state index in [1.54, 1.807) is 6.07 Å². The van der Waals surface area contributed by atoms with Gasteiger partial charge in [-0.05, 0) is 19.4 Å². The first-order chi connectivity index (χ1) is 10.7. The summed E-state index contributed by atoms with van der Waals surface area (Å²) in [5.41, 5.74) is 1.73. The van der Waals surface area contributed by atoms with E-state index in [4.69, 9.17) is 0 Å². The van der Waals surface area contributed by atoms with Crippen LogP contribution in [0.15, 0.2) is 23.4 Å². The molecule has 1 atom stereocenters. The van der Waals surface area contributed by atoms with Gasteiger partial charge in [0.25, 0.3) is 0 Å². The standard InChI is InChI=1S/C19H31NO2/c1-3-4-5-6-7-8-9-10-11-12-18(20-22)17-15-16(2)13-14-19(17)21/h13-15,18,21H,3-12H2,1-2H3/t18-/m1/s1. The van der Waals surface area contributed by atoms with Gasteiger partial charge in [-0.25, -0.2) is 0 Å².